The van der Waals surface area contributed by atoms with Crippen molar-refractivity contribution in [3.05, 3.63) is 35.4 Å². The van der Waals surface area contributed by atoms with Gasteiger partial charge in [0.1, 0.15) is 17.1 Å². The first-order chi connectivity index (χ1) is 17.0. The van der Waals surface area contributed by atoms with Crippen molar-refractivity contribution in [3.63, 3.8) is 0 Å². The number of benzene rings is 1. The Morgan fingerprint density at radius 3 is 2.22 bits per heavy atom. The quantitative estimate of drug-likeness (QED) is 0.297. The van der Waals surface area contributed by atoms with Crippen molar-refractivity contribution >= 4 is 29.0 Å². The van der Waals surface area contributed by atoms with Gasteiger partial charge in [-0.2, -0.15) is 26.3 Å². The molecule has 2 aliphatic rings. The van der Waals surface area contributed by atoms with Crippen LogP contribution >= 0.6 is 0 Å². The second-order valence-electron chi connectivity index (χ2n) is 9.72. The number of likely N-dealkylation sites (tertiary alicyclic amines) is 1. The molecule has 1 amide bonds. The van der Waals surface area contributed by atoms with E-state index in [-0.39, 0.29) is 37.4 Å². The Labute approximate surface area is 211 Å². The maximum atomic E-state index is 13.4. The van der Waals surface area contributed by atoms with Crippen LogP contribution in [0, 0.1) is 5.92 Å². The van der Waals surface area contributed by atoms with Crippen molar-refractivity contribution in [1.29, 1.82) is 0 Å². The van der Waals surface area contributed by atoms with Crippen molar-refractivity contribution in [2.24, 2.45) is 5.92 Å². The van der Waals surface area contributed by atoms with Gasteiger partial charge in [-0.3, -0.25) is 9.00 Å². The average Bonchev–Trinajstić information content (AvgIpc) is 3.62. The van der Waals surface area contributed by atoms with Crippen molar-refractivity contribution in [2.75, 3.05) is 13.1 Å². The molecule has 1 aliphatic heterocycles. The lowest BCUT2D eigenvalue weighted by atomic mass is 9.85. The molecule has 1 N–H and O–H groups in total. The van der Waals surface area contributed by atoms with Gasteiger partial charge in [0.25, 0.3) is 0 Å². The normalized spacial score (nSPS) is 20.2. The number of alkyl halides is 6. The molecule has 0 spiro atoms. The van der Waals surface area contributed by atoms with Crippen LogP contribution < -0.4 is 5.48 Å². The first-order valence-corrected chi connectivity index (χ1v) is 12.6. The first-order valence-electron chi connectivity index (χ1n) is 11.4. The second kappa shape index (κ2) is 10.4. The number of hydrogen-bond donors (Lipinski definition) is 1. The highest BCUT2D eigenvalue weighted by atomic mass is 32.2. The molecule has 7 nitrogen and oxygen atoms in total. The van der Waals surface area contributed by atoms with Gasteiger partial charge in [0.15, 0.2) is 0 Å². The molecular weight excluding hydrogens is 530 g/mol. The van der Waals surface area contributed by atoms with Crippen molar-refractivity contribution in [1.82, 2.24) is 10.4 Å². The van der Waals surface area contributed by atoms with E-state index in [2.05, 4.69) is 4.84 Å². The molecule has 14 heteroatoms. The van der Waals surface area contributed by atoms with Gasteiger partial charge >= 0.3 is 18.3 Å². The zero-order valence-electron chi connectivity index (χ0n) is 19.9. The number of rotatable bonds is 8. The Morgan fingerprint density at radius 1 is 1.14 bits per heavy atom. The molecular formula is C23H26F6N2O5S. The van der Waals surface area contributed by atoms with E-state index in [9.17, 15) is 44.9 Å². The predicted molar refractivity (Wildman–Crippen MR) is 119 cm³/mol. The molecule has 0 aromatic heterocycles. The Kier molecular flexibility index (Phi) is 8.14. The van der Waals surface area contributed by atoms with E-state index in [0.717, 1.165) is 18.2 Å². The molecule has 0 radical (unpaired) electrons. The summed E-state index contributed by atoms with van der Waals surface area (Å²) in [5.41, 5.74) is -0.429. The minimum Gasteiger partial charge on any atom is -0.363 e. The van der Waals surface area contributed by atoms with Gasteiger partial charge in [-0.25, -0.2) is 4.79 Å². The summed E-state index contributed by atoms with van der Waals surface area (Å²) in [6.45, 7) is 3.65. The Bertz CT molecular complexity index is 1060. The number of piperidine rings is 1. The molecule has 2 unspecified atom stereocenters. The van der Waals surface area contributed by atoms with Crippen LogP contribution in [0.25, 0.3) is 0 Å². The van der Waals surface area contributed by atoms with Gasteiger partial charge in [-0.05, 0) is 57.1 Å². The molecule has 37 heavy (non-hydrogen) atoms. The van der Waals surface area contributed by atoms with Gasteiger partial charge in [0, 0.05) is 28.6 Å². The highest BCUT2D eigenvalue weighted by Gasteiger charge is 2.55. The molecule has 206 valence electrons. The van der Waals surface area contributed by atoms with E-state index in [4.69, 9.17) is 0 Å². The largest absolute Gasteiger partial charge is 0.492 e. The maximum Gasteiger partial charge on any atom is 0.492 e. The van der Waals surface area contributed by atoms with Crippen LogP contribution in [0.5, 0.6) is 0 Å². The van der Waals surface area contributed by atoms with Crippen LogP contribution in [-0.4, -0.2) is 56.8 Å². The molecule has 1 aromatic rings. The Balaban J connectivity index is 1.64. The summed E-state index contributed by atoms with van der Waals surface area (Å²) >= 11 is 0. The van der Waals surface area contributed by atoms with E-state index < -0.39 is 56.1 Å². The maximum absolute atomic E-state index is 13.4. The summed E-state index contributed by atoms with van der Waals surface area (Å²) in [6, 6.07) is 4.13. The summed E-state index contributed by atoms with van der Waals surface area (Å²) < 4.78 is 88.9. The van der Waals surface area contributed by atoms with Crippen LogP contribution in [0.3, 0.4) is 0 Å². The molecule has 1 saturated carbocycles. The lowest BCUT2D eigenvalue weighted by molar-refractivity contribution is -0.209. The van der Waals surface area contributed by atoms with Gasteiger partial charge in [0.2, 0.25) is 5.91 Å². The van der Waals surface area contributed by atoms with Gasteiger partial charge < -0.3 is 14.5 Å². The summed E-state index contributed by atoms with van der Waals surface area (Å²) in [6.07, 6.45) is -8.41. The number of amides is 1. The highest BCUT2D eigenvalue weighted by Crippen LogP contribution is 2.42. The highest BCUT2D eigenvalue weighted by molar-refractivity contribution is 7.87. The van der Waals surface area contributed by atoms with Crippen LogP contribution in [0.15, 0.2) is 24.3 Å². The number of aldehydes is 1. The molecule has 1 aliphatic carbocycles. The zero-order valence-corrected chi connectivity index (χ0v) is 20.8. The van der Waals surface area contributed by atoms with E-state index in [1.165, 1.54) is 11.0 Å². The number of nitrogens with one attached hydrogen (secondary N) is 1. The topological polar surface area (TPSA) is 92.8 Å². The smallest absolute Gasteiger partial charge is 0.363 e. The number of hydroxylamine groups is 1. The fourth-order valence-corrected chi connectivity index (χ4v) is 6.12. The number of carbonyl (C=O) groups excluding carboxylic acids is 3. The molecule has 0 bridgehead atoms. The number of halogens is 6. The average molecular weight is 557 g/mol. The third-order valence-electron chi connectivity index (χ3n) is 6.91. The van der Waals surface area contributed by atoms with Gasteiger partial charge in [-0.15, -0.1) is 5.48 Å². The molecule has 1 heterocycles. The molecule has 2 fully saturated rings. The summed E-state index contributed by atoms with van der Waals surface area (Å²) in [5, 5.41) is -1.29. The lowest BCUT2D eigenvalue weighted by Crippen LogP contribution is -2.53. The number of nitrogens with zero attached hydrogens (tertiary/aromatic N) is 1. The van der Waals surface area contributed by atoms with E-state index in [1.807, 2.05) is 5.48 Å². The van der Waals surface area contributed by atoms with Crippen molar-refractivity contribution in [2.45, 2.75) is 67.4 Å². The monoisotopic (exact) mass is 556 g/mol. The Morgan fingerprint density at radius 2 is 1.73 bits per heavy atom. The standard InChI is InChI=1S/C23H26F6N2O5S/c1-20(2,37(35)17(13-32)14-4-3-5-16(12-14)22(24,25)26)15-6-10-31(11-7-15)18(33)21(8-9-21)30-36-19(34)23(27,28)29/h3-5,12-13,15,17,30H,6-11H2,1-2H3. The fourth-order valence-electron chi connectivity index (χ4n) is 4.40. The summed E-state index contributed by atoms with van der Waals surface area (Å²) in [5.74, 6) is -3.24. The third kappa shape index (κ3) is 6.33. The summed E-state index contributed by atoms with van der Waals surface area (Å²) in [4.78, 5) is 41.1. The SMILES string of the molecule is CC(C)(C1CCN(C(=O)C2(NOC(=O)C(F)(F)F)CC2)CC1)S(=O)C(C=O)c1cccc(C(F)(F)F)c1. The number of carbonyl (C=O) groups is 3. The first kappa shape index (κ1) is 29.1. The summed E-state index contributed by atoms with van der Waals surface area (Å²) in [7, 11) is -1.91. The molecule has 1 aromatic carbocycles. The molecule has 3 rings (SSSR count). The lowest BCUT2D eigenvalue weighted by Gasteiger charge is -2.41. The van der Waals surface area contributed by atoms with Crippen LogP contribution in [0.1, 0.15) is 55.9 Å². The van der Waals surface area contributed by atoms with E-state index >= 15 is 0 Å². The van der Waals surface area contributed by atoms with E-state index in [1.54, 1.807) is 13.8 Å². The molecule has 2 atom stereocenters. The molecule has 1 saturated heterocycles. The van der Waals surface area contributed by atoms with Crippen LogP contribution in [-0.2, 0) is 36.2 Å². The Hall–Kier alpha value is -2.48. The van der Waals surface area contributed by atoms with Crippen LogP contribution in [0.2, 0.25) is 0 Å². The fraction of sp³-hybridized carbons (Fsp3) is 0.609. The second-order valence-corrected chi connectivity index (χ2v) is 11.9. The van der Waals surface area contributed by atoms with Gasteiger partial charge in [0.05, 0.1) is 5.56 Å². The third-order valence-corrected chi connectivity index (χ3v) is 9.13. The van der Waals surface area contributed by atoms with E-state index in [0.29, 0.717) is 19.1 Å². The van der Waals surface area contributed by atoms with Crippen LogP contribution in [0.4, 0.5) is 26.3 Å². The number of hydrogen-bond acceptors (Lipinski definition) is 6. The zero-order chi connectivity index (χ0) is 27.8. The minimum atomic E-state index is -5.21. The predicted octanol–water partition coefficient (Wildman–Crippen LogP) is 3.85. The minimum absolute atomic E-state index is 0.0148. The van der Waals surface area contributed by atoms with Crippen molar-refractivity contribution in [3.8, 4) is 0 Å². The van der Waals surface area contributed by atoms with Gasteiger partial charge in [-0.1, -0.05) is 18.2 Å². The van der Waals surface area contributed by atoms with Crippen molar-refractivity contribution < 1.29 is 49.8 Å².